The molecule has 0 amide bonds. The van der Waals surface area contributed by atoms with Crippen LogP contribution in [-0.2, 0) is 33.6 Å². The number of rotatable bonds is 18. The van der Waals surface area contributed by atoms with Gasteiger partial charge in [0.05, 0.1) is 30.0 Å². The van der Waals surface area contributed by atoms with Gasteiger partial charge in [-0.3, -0.25) is 29.4 Å². The fourth-order valence-corrected chi connectivity index (χ4v) is 12.5. The number of thioether (sulfide) groups is 2. The largest absolute Gasteiger partial charge is 0.508 e. The van der Waals surface area contributed by atoms with E-state index in [9.17, 15) is 44.4 Å². The number of ether oxygens (including phenoxy) is 7. The standard InChI is InChI=1S/C24H28O8.C22H20O9.C13H25NOS2/c1-14-6-7-15(11-18(14)25)24-23(28)22(27)21-19(26)12-17(13-20(21)31-24)29-9-4-2-3-5-16-8-10-30-32-16;1-10-5-6-14(7-16(10)28-11(2)23)21-22(30-13(4)25)20(27)19-17(29-12(3)24)8-15(26)9-18(19)31-21;1-11(14)15-9-6-4-5-7-12-8-10-16-13(2,3)17-12/h6-7,11-13,16,23-26,28H,2-5,8-10H2,1H3;5-9,21-22,26H,1-4H3;12,14H,4-10H2,1-3H3. The number of carbonyl (C=O) groups excluding carboxylic acids is 5. The van der Waals surface area contributed by atoms with Crippen molar-refractivity contribution in [3.8, 4) is 46.0 Å². The Bertz CT molecular complexity index is 2850. The van der Waals surface area contributed by atoms with Gasteiger partial charge in [-0.1, -0.05) is 43.5 Å². The van der Waals surface area contributed by atoms with Crippen molar-refractivity contribution >= 4 is 58.9 Å². The highest BCUT2D eigenvalue weighted by atomic mass is 32.2. The number of phenols is 3. The van der Waals surface area contributed by atoms with Crippen LogP contribution in [0.2, 0.25) is 0 Å². The molecule has 4 aromatic carbocycles. The number of fused-ring (bicyclic) bond motifs is 2. The molecule has 6 unspecified atom stereocenters. The molecule has 0 radical (unpaired) electrons. The SMILES string of the molecule is CC(=N)OCCCCCC1CCSC(C)(C)S1.CC(=O)Oc1cc(C2Oc3cc(O)cc(OC(C)=O)c3C(=O)C2OC(C)=O)ccc1C.Cc1ccc(C2Oc3cc(OCCCCCC4CCOO4)cc(O)c3C(=O)C2O)cc1O. The summed E-state index contributed by atoms with van der Waals surface area (Å²) in [7, 11) is 0. The van der Waals surface area contributed by atoms with Crippen molar-refractivity contribution in [2.45, 2.75) is 159 Å². The molecule has 21 heteroatoms. The first-order valence-corrected chi connectivity index (χ1v) is 28.5. The van der Waals surface area contributed by atoms with Gasteiger partial charge in [-0.2, -0.15) is 0 Å². The highest BCUT2D eigenvalue weighted by Crippen LogP contribution is 2.47. The van der Waals surface area contributed by atoms with Gasteiger partial charge >= 0.3 is 17.9 Å². The monoisotopic (exact) mass is 1150 g/mol. The molecule has 0 saturated carbocycles. The first-order chi connectivity index (χ1) is 38.0. The summed E-state index contributed by atoms with van der Waals surface area (Å²) in [5.41, 5.74) is 1.98. The van der Waals surface area contributed by atoms with Crippen molar-refractivity contribution in [3.05, 3.63) is 94.0 Å². The molecular formula is C59H73NO18S2. The lowest BCUT2D eigenvalue weighted by molar-refractivity contribution is -0.275. The molecule has 2 saturated heterocycles. The predicted molar refractivity (Wildman–Crippen MR) is 300 cm³/mol. The maximum atomic E-state index is 13.3. The minimum Gasteiger partial charge on any atom is -0.508 e. The van der Waals surface area contributed by atoms with Crippen molar-refractivity contribution in [3.63, 3.8) is 0 Å². The van der Waals surface area contributed by atoms with Crippen LogP contribution < -0.4 is 23.7 Å². The lowest BCUT2D eigenvalue weighted by Gasteiger charge is -2.34. The van der Waals surface area contributed by atoms with Gasteiger partial charge in [0.1, 0.15) is 57.1 Å². The van der Waals surface area contributed by atoms with Crippen LogP contribution in [0.25, 0.3) is 0 Å². The molecule has 0 spiro atoms. The number of aromatic hydroxyl groups is 3. The number of hydrogen-bond acceptors (Lipinski definition) is 21. The summed E-state index contributed by atoms with van der Waals surface area (Å²) < 4.78 is 38.6. The number of benzene rings is 4. The first kappa shape index (κ1) is 62.7. The third-order valence-electron chi connectivity index (χ3n) is 13.1. The highest BCUT2D eigenvalue weighted by Gasteiger charge is 2.44. The van der Waals surface area contributed by atoms with Crippen LogP contribution in [-0.4, -0.2) is 109 Å². The van der Waals surface area contributed by atoms with Crippen LogP contribution in [0, 0.1) is 19.3 Å². The van der Waals surface area contributed by atoms with Gasteiger partial charge in [-0.05, 0) is 101 Å². The Hall–Kier alpha value is -6.52. The normalized spacial score (nSPS) is 20.6. The zero-order valence-electron chi connectivity index (χ0n) is 46.5. The van der Waals surface area contributed by atoms with E-state index in [0.29, 0.717) is 57.8 Å². The fraction of sp³-hybridized carbons (Fsp3) is 0.492. The summed E-state index contributed by atoms with van der Waals surface area (Å²) in [4.78, 5) is 70.5. The molecule has 0 bridgehead atoms. The molecule has 434 valence electrons. The van der Waals surface area contributed by atoms with E-state index in [1.54, 1.807) is 51.1 Å². The molecule has 8 rings (SSSR count). The average Bonchev–Trinajstić information content (AvgIpc) is 3.94. The Morgan fingerprint density at radius 2 is 1.35 bits per heavy atom. The number of aliphatic hydroxyl groups excluding tert-OH is 1. The first-order valence-electron chi connectivity index (χ1n) is 26.7. The molecule has 19 nitrogen and oxygen atoms in total. The Morgan fingerprint density at radius 3 is 2.00 bits per heavy atom. The molecule has 0 aliphatic carbocycles. The van der Waals surface area contributed by atoms with Gasteiger partial charge in [0.25, 0.3) is 0 Å². The second-order valence-corrected chi connectivity index (χ2v) is 24.1. The lowest BCUT2D eigenvalue weighted by Crippen LogP contribution is -2.40. The number of Topliss-reactive ketones (excluding diaryl/α,β-unsaturated/α-hetero) is 2. The zero-order chi connectivity index (χ0) is 58.3. The van der Waals surface area contributed by atoms with Gasteiger partial charge in [0.15, 0.2) is 24.2 Å². The van der Waals surface area contributed by atoms with Crippen LogP contribution in [0.5, 0.6) is 46.0 Å². The minimum atomic E-state index is -1.50. The van der Waals surface area contributed by atoms with Crippen LogP contribution >= 0.6 is 23.5 Å². The summed E-state index contributed by atoms with van der Waals surface area (Å²) in [6.45, 7) is 15.2. The van der Waals surface area contributed by atoms with Gasteiger partial charge in [0.2, 0.25) is 17.7 Å². The summed E-state index contributed by atoms with van der Waals surface area (Å²) in [5.74, 6) is -1.67. The van der Waals surface area contributed by atoms with Gasteiger partial charge in [0, 0.05) is 69.2 Å². The molecule has 4 aliphatic heterocycles. The molecule has 80 heavy (non-hydrogen) atoms. The smallest absolute Gasteiger partial charge is 0.308 e. The Labute approximate surface area is 474 Å². The fourth-order valence-electron chi connectivity index (χ4n) is 9.18. The minimum absolute atomic E-state index is 0.0449. The number of carbonyl (C=O) groups is 5. The second kappa shape index (κ2) is 29.3. The van der Waals surface area contributed by atoms with E-state index in [-0.39, 0.29) is 57.5 Å². The van der Waals surface area contributed by atoms with Crippen molar-refractivity contribution in [2.24, 2.45) is 0 Å². The van der Waals surface area contributed by atoms with Crippen LogP contribution in [0.3, 0.4) is 0 Å². The Balaban J connectivity index is 0.000000203. The molecule has 4 heterocycles. The van der Waals surface area contributed by atoms with Crippen molar-refractivity contribution in [1.29, 1.82) is 5.41 Å². The van der Waals surface area contributed by atoms with Gasteiger partial charge in [-0.25, -0.2) is 9.78 Å². The van der Waals surface area contributed by atoms with E-state index >= 15 is 0 Å². The predicted octanol–water partition coefficient (Wildman–Crippen LogP) is 11.1. The summed E-state index contributed by atoms with van der Waals surface area (Å²) in [6, 6.07) is 14.8. The van der Waals surface area contributed by atoms with Crippen LogP contribution in [0.1, 0.15) is 161 Å². The van der Waals surface area contributed by atoms with Gasteiger partial charge in [-0.15, -0.1) is 23.5 Å². The molecule has 5 N–H and O–H groups in total. The third kappa shape index (κ3) is 18.0. The maximum Gasteiger partial charge on any atom is 0.308 e. The topological polar surface area (TPSA) is 273 Å². The maximum absolute atomic E-state index is 13.3. The van der Waals surface area contributed by atoms with Crippen molar-refractivity contribution < 1.29 is 87.3 Å². The molecular weight excluding hydrogens is 1070 g/mol. The van der Waals surface area contributed by atoms with E-state index in [1.165, 1.54) is 62.6 Å². The summed E-state index contributed by atoms with van der Waals surface area (Å²) in [6.07, 6.45) is 6.20. The van der Waals surface area contributed by atoms with Crippen LogP contribution in [0.4, 0.5) is 0 Å². The molecule has 4 aromatic rings. The molecule has 6 atom stereocenters. The van der Waals surface area contributed by atoms with E-state index in [4.69, 9.17) is 48.3 Å². The number of phenolic OH excluding ortho intramolecular Hbond substituents is 3. The Morgan fingerprint density at radius 1 is 0.700 bits per heavy atom. The summed E-state index contributed by atoms with van der Waals surface area (Å²) in [5, 5.41) is 48.8. The number of nitrogens with one attached hydrogen (secondary N) is 1. The van der Waals surface area contributed by atoms with Crippen molar-refractivity contribution in [2.75, 3.05) is 25.6 Å². The van der Waals surface area contributed by atoms with E-state index in [2.05, 4.69) is 37.4 Å². The van der Waals surface area contributed by atoms with E-state index in [1.807, 2.05) is 0 Å². The summed E-state index contributed by atoms with van der Waals surface area (Å²) >= 11 is 4.25. The average molecular weight is 1150 g/mol. The number of aryl methyl sites for hydroxylation is 2. The number of ketones is 2. The molecule has 4 aliphatic rings. The Kier molecular flexibility index (Phi) is 22.9. The number of esters is 3. The van der Waals surface area contributed by atoms with E-state index < -0.39 is 53.9 Å². The number of unbranched alkanes of at least 4 members (excludes halogenated alkanes) is 4. The second-order valence-electron chi connectivity index (χ2n) is 20.2. The van der Waals surface area contributed by atoms with Gasteiger partial charge < -0.3 is 53.6 Å². The molecule has 2 fully saturated rings. The van der Waals surface area contributed by atoms with E-state index in [0.717, 1.165) is 63.7 Å². The van der Waals surface area contributed by atoms with Crippen molar-refractivity contribution in [1.82, 2.24) is 0 Å². The number of aliphatic hydroxyl groups is 1. The highest BCUT2D eigenvalue weighted by molar-refractivity contribution is 8.19. The number of hydrogen-bond donors (Lipinski definition) is 5. The van der Waals surface area contributed by atoms with Crippen LogP contribution in [0.15, 0.2) is 60.7 Å². The quantitative estimate of drug-likeness (QED) is 0.0155. The lowest BCUT2D eigenvalue weighted by atomic mass is 9.92. The molecule has 0 aromatic heterocycles. The zero-order valence-corrected chi connectivity index (χ0v) is 48.1. The third-order valence-corrected chi connectivity index (χ3v) is 16.2.